The SMILES string of the molecule is CCNC(=NCC(=O)NC1CC1)NCCOc1ccccc1. The van der Waals surface area contributed by atoms with Gasteiger partial charge in [0.25, 0.3) is 0 Å². The molecule has 0 bridgehead atoms. The summed E-state index contributed by atoms with van der Waals surface area (Å²) in [6.07, 6.45) is 2.18. The Balaban J connectivity index is 1.67. The van der Waals surface area contributed by atoms with E-state index in [1.165, 1.54) is 0 Å². The zero-order chi connectivity index (χ0) is 15.6. The third-order valence-corrected chi connectivity index (χ3v) is 3.07. The van der Waals surface area contributed by atoms with Gasteiger partial charge in [0.05, 0.1) is 6.54 Å². The van der Waals surface area contributed by atoms with Crippen LogP contribution in [0.25, 0.3) is 0 Å². The predicted molar refractivity (Wildman–Crippen MR) is 87.1 cm³/mol. The molecule has 0 aliphatic heterocycles. The lowest BCUT2D eigenvalue weighted by atomic mass is 10.3. The van der Waals surface area contributed by atoms with E-state index in [0.29, 0.717) is 25.2 Å². The number of amides is 1. The molecule has 1 saturated carbocycles. The van der Waals surface area contributed by atoms with Crippen LogP contribution in [0.4, 0.5) is 0 Å². The minimum absolute atomic E-state index is 0.0276. The smallest absolute Gasteiger partial charge is 0.242 e. The average Bonchev–Trinajstić information content (AvgIpc) is 3.34. The number of aliphatic imine (C=N–C) groups is 1. The second-order valence-electron chi connectivity index (χ2n) is 5.13. The van der Waals surface area contributed by atoms with Gasteiger partial charge in [0.2, 0.25) is 5.91 Å². The van der Waals surface area contributed by atoms with E-state index in [1.54, 1.807) is 0 Å². The third kappa shape index (κ3) is 6.47. The van der Waals surface area contributed by atoms with Crippen LogP contribution >= 0.6 is 0 Å². The van der Waals surface area contributed by atoms with E-state index in [0.717, 1.165) is 25.1 Å². The number of nitrogens with one attached hydrogen (secondary N) is 3. The number of benzene rings is 1. The van der Waals surface area contributed by atoms with Crippen molar-refractivity contribution in [3.63, 3.8) is 0 Å². The summed E-state index contributed by atoms with van der Waals surface area (Å²) in [5, 5.41) is 9.17. The van der Waals surface area contributed by atoms with Crippen molar-refractivity contribution in [1.82, 2.24) is 16.0 Å². The maximum Gasteiger partial charge on any atom is 0.242 e. The largest absolute Gasteiger partial charge is 0.492 e. The van der Waals surface area contributed by atoms with Crippen LogP contribution < -0.4 is 20.7 Å². The maximum absolute atomic E-state index is 11.6. The second-order valence-corrected chi connectivity index (χ2v) is 5.13. The first kappa shape index (κ1) is 16.1. The summed E-state index contributed by atoms with van der Waals surface area (Å²) in [5.41, 5.74) is 0. The summed E-state index contributed by atoms with van der Waals surface area (Å²) in [6.45, 7) is 4.02. The monoisotopic (exact) mass is 304 g/mol. The lowest BCUT2D eigenvalue weighted by molar-refractivity contribution is -0.119. The average molecular weight is 304 g/mol. The van der Waals surface area contributed by atoms with E-state index >= 15 is 0 Å². The Labute approximate surface area is 131 Å². The Bertz CT molecular complexity index is 486. The highest BCUT2D eigenvalue weighted by Crippen LogP contribution is 2.18. The molecule has 3 N–H and O–H groups in total. The summed E-state index contributed by atoms with van der Waals surface area (Å²) in [6, 6.07) is 10.0. The normalized spacial score (nSPS) is 14.3. The van der Waals surface area contributed by atoms with E-state index in [9.17, 15) is 4.79 Å². The molecule has 0 saturated heterocycles. The number of guanidine groups is 1. The number of nitrogens with zero attached hydrogens (tertiary/aromatic N) is 1. The van der Waals surface area contributed by atoms with Gasteiger partial charge < -0.3 is 20.7 Å². The van der Waals surface area contributed by atoms with Crippen molar-refractivity contribution in [2.45, 2.75) is 25.8 Å². The fourth-order valence-corrected chi connectivity index (χ4v) is 1.85. The van der Waals surface area contributed by atoms with Crippen LogP contribution in [0.2, 0.25) is 0 Å². The fraction of sp³-hybridized carbons (Fsp3) is 0.500. The number of para-hydroxylation sites is 1. The number of hydrogen-bond acceptors (Lipinski definition) is 3. The molecule has 1 fully saturated rings. The summed E-state index contributed by atoms with van der Waals surface area (Å²) in [5.74, 6) is 1.44. The van der Waals surface area contributed by atoms with Crippen molar-refractivity contribution in [3.05, 3.63) is 30.3 Å². The Morgan fingerprint density at radius 3 is 2.73 bits per heavy atom. The van der Waals surface area contributed by atoms with Gasteiger partial charge >= 0.3 is 0 Å². The van der Waals surface area contributed by atoms with Crippen LogP contribution in [0.1, 0.15) is 19.8 Å². The van der Waals surface area contributed by atoms with E-state index in [-0.39, 0.29) is 12.5 Å². The molecule has 0 radical (unpaired) electrons. The molecular weight excluding hydrogens is 280 g/mol. The molecule has 1 aliphatic rings. The number of hydrogen-bond donors (Lipinski definition) is 3. The van der Waals surface area contributed by atoms with E-state index in [1.807, 2.05) is 37.3 Å². The van der Waals surface area contributed by atoms with Crippen LogP contribution in [0.5, 0.6) is 5.75 Å². The summed E-state index contributed by atoms with van der Waals surface area (Å²) < 4.78 is 5.60. The molecule has 1 amide bonds. The van der Waals surface area contributed by atoms with Gasteiger partial charge in [-0.25, -0.2) is 4.99 Å². The Morgan fingerprint density at radius 2 is 2.05 bits per heavy atom. The molecular formula is C16H24N4O2. The van der Waals surface area contributed by atoms with Crippen molar-refractivity contribution in [1.29, 1.82) is 0 Å². The maximum atomic E-state index is 11.6. The number of carbonyl (C=O) groups is 1. The van der Waals surface area contributed by atoms with Crippen molar-refractivity contribution < 1.29 is 9.53 Å². The third-order valence-electron chi connectivity index (χ3n) is 3.07. The number of rotatable bonds is 8. The van der Waals surface area contributed by atoms with E-state index in [4.69, 9.17) is 4.74 Å². The molecule has 22 heavy (non-hydrogen) atoms. The highest BCUT2D eigenvalue weighted by Gasteiger charge is 2.22. The summed E-state index contributed by atoms with van der Waals surface area (Å²) in [4.78, 5) is 15.9. The zero-order valence-electron chi connectivity index (χ0n) is 13.0. The lowest BCUT2D eigenvalue weighted by Crippen LogP contribution is -2.40. The van der Waals surface area contributed by atoms with Crippen LogP contribution in [0.15, 0.2) is 35.3 Å². The first-order chi connectivity index (χ1) is 10.8. The molecule has 0 unspecified atom stereocenters. The van der Waals surface area contributed by atoms with Crippen molar-refractivity contribution in [2.24, 2.45) is 4.99 Å². The van der Waals surface area contributed by atoms with Crippen molar-refractivity contribution in [3.8, 4) is 5.75 Å². The number of carbonyl (C=O) groups excluding carboxylic acids is 1. The Morgan fingerprint density at radius 1 is 1.27 bits per heavy atom. The van der Waals surface area contributed by atoms with Crippen LogP contribution in [-0.2, 0) is 4.79 Å². The van der Waals surface area contributed by atoms with Gasteiger partial charge in [-0.3, -0.25) is 4.79 Å². The molecule has 6 nitrogen and oxygen atoms in total. The predicted octanol–water partition coefficient (Wildman–Crippen LogP) is 0.899. The molecule has 0 atom stereocenters. The molecule has 0 aromatic heterocycles. The lowest BCUT2D eigenvalue weighted by Gasteiger charge is -2.12. The van der Waals surface area contributed by atoms with Crippen molar-refractivity contribution >= 4 is 11.9 Å². The van der Waals surface area contributed by atoms with E-state index in [2.05, 4.69) is 20.9 Å². The minimum Gasteiger partial charge on any atom is -0.492 e. The molecule has 2 rings (SSSR count). The van der Waals surface area contributed by atoms with Crippen LogP contribution in [0.3, 0.4) is 0 Å². The quantitative estimate of drug-likeness (QED) is 0.379. The van der Waals surface area contributed by atoms with Crippen LogP contribution in [-0.4, -0.2) is 44.1 Å². The van der Waals surface area contributed by atoms with Crippen LogP contribution in [0, 0.1) is 0 Å². The highest BCUT2D eigenvalue weighted by atomic mass is 16.5. The molecule has 1 aliphatic carbocycles. The van der Waals surface area contributed by atoms with Gasteiger partial charge in [-0.15, -0.1) is 0 Å². The first-order valence-corrected chi connectivity index (χ1v) is 7.77. The molecule has 0 heterocycles. The van der Waals surface area contributed by atoms with E-state index < -0.39 is 0 Å². The molecule has 1 aromatic carbocycles. The first-order valence-electron chi connectivity index (χ1n) is 7.77. The Hall–Kier alpha value is -2.24. The molecule has 0 spiro atoms. The molecule has 1 aromatic rings. The van der Waals surface area contributed by atoms with Gasteiger partial charge in [-0.05, 0) is 31.9 Å². The molecule has 6 heteroatoms. The Kier molecular flexibility index (Phi) is 6.54. The fourth-order valence-electron chi connectivity index (χ4n) is 1.85. The second kappa shape index (κ2) is 8.92. The van der Waals surface area contributed by atoms with Gasteiger partial charge in [-0.2, -0.15) is 0 Å². The summed E-state index contributed by atoms with van der Waals surface area (Å²) in [7, 11) is 0. The van der Waals surface area contributed by atoms with Crippen molar-refractivity contribution in [2.75, 3.05) is 26.2 Å². The summed E-state index contributed by atoms with van der Waals surface area (Å²) >= 11 is 0. The minimum atomic E-state index is -0.0276. The van der Waals surface area contributed by atoms with Gasteiger partial charge in [0.15, 0.2) is 5.96 Å². The van der Waals surface area contributed by atoms with Gasteiger partial charge in [0.1, 0.15) is 18.9 Å². The topological polar surface area (TPSA) is 74.8 Å². The standard InChI is InChI=1S/C16H24N4O2/c1-2-17-16(19-12-15(21)20-13-8-9-13)18-10-11-22-14-6-4-3-5-7-14/h3-7,13H,2,8-12H2,1H3,(H,20,21)(H2,17,18,19). The number of ether oxygens (including phenoxy) is 1. The zero-order valence-corrected chi connectivity index (χ0v) is 13.0. The van der Waals surface area contributed by atoms with Gasteiger partial charge in [0, 0.05) is 12.6 Å². The highest BCUT2D eigenvalue weighted by molar-refractivity contribution is 5.85. The molecule has 120 valence electrons. The van der Waals surface area contributed by atoms with Gasteiger partial charge in [-0.1, -0.05) is 18.2 Å².